The van der Waals surface area contributed by atoms with Crippen LogP contribution in [0, 0.1) is 0 Å². The fraction of sp³-hybridized carbons (Fsp3) is 0.438. The summed E-state index contributed by atoms with van der Waals surface area (Å²) in [6.07, 6.45) is 7.26. The highest BCUT2D eigenvalue weighted by molar-refractivity contribution is 8.04. The molecule has 6 heterocycles. The van der Waals surface area contributed by atoms with E-state index >= 15 is 0 Å². The smallest absolute Gasteiger partial charge is 0.122 e. The summed E-state index contributed by atoms with van der Waals surface area (Å²) >= 11 is 16.2. The molecule has 0 saturated carbocycles. The van der Waals surface area contributed by atoms with E-state index in [2.05, 4.69) is 63.8 Å². The largest absolute Gasteiger partial charge is 0.508 e. The van der Waals surface area contributed by atoms with Gasteiger partial charge in [0.25, 0.3) is 0 Å². The molecule has 0 amide bonds. The summed E-state index contributed by atoms with van der Waals surface area (Å²) in [6.45, 7) is 10.9. The first kappa shape index (κ1) is 64.8. The van der Waals surface area contributed by atoms with E-state index < -0.39 is 0 Å². The van der Waals surface area contributed by atoms with Crippen molar-refractivity contribution in [1.29, 1.82) is 0 Å². The Bertz CT molecular complexity index is 2810. The molecular weight excluding hydrogens is 1200 g/mol. The van der Waals surface area contributed by atoms with Gasteiger partial charge in [0, 0.05) is 239 Å². The number of hydrogen-bond acceptors (Lipinski definition) is 20. The summed E-state index contributed by atoms with van der Waals surface area (Å²) in [5.74, 6) is 19.1. The highest BCUT2D eigenvalue weighted by atomic mass is 32.2. The van der Waals surface area contributed by atoms with Crippen molar-refractivity contribution in [3.05, 3.63) is 144 Å². The Hall–Kier alpha value is -3.64. The zero-order valence-corrected chi connectivity index (χ0v) is 54.5. The van der Waals surface area contributed by atoms with Crippen LogP contribution in [0.4, 0.5) is 0 Å². The topological polar surface area (TPSA) is 145 Å². The number of rotatable bonds is 8. The minimum absolute atomic E-state index is 0.342. The van der Waals surface area contributed by atoms with Gasteiger partial charge in [-0.15, -0.1) is 0 Å². The molecule has 20 heteroatoms. The van der Waals surface area contributed by atoms with Crippen LogP contribution in [0.2, 0.25) is 0 Å². The van der Waals surface area contributed by atoms with Crippen molar-refractivity contribution in [3.63, 3.8) is 0 Å². The molecule has 8 aromatic rings. The first-order chi connectivity index (χ1) is 41.4. The third kappa shape index (κ3) is 20.2. The molecule has 2 aliphatic heterocycles. The average Bonchev–Trinajstić information content (AvgIpc) is 3.67. The number of aromatic hydroxyl groups is 4. The normalized spacial score (nSPS) is 18.1. The lowest BCUT2D eigenvalue weighted by Gasteiger charge is -2.24. The molecule has 2 aliphatic rings. The van der Waals surface area contributed by atoms with E-state index in [1.165, 1.54) is 0 Å². The summed E-state index contributed by atoms with van der Waals surface area (Å²) < 4.78 is 0. The van der Waals surface area contributed by atoms with E-state index in [-0.39, 0.29) is 0 Å². The number of phenolic OH excluding ortho intramolecular Hbond substituents is 4. The van der Waals surface area contributed by atoms with E-state index in [9.17, 15) is 20.4 Å². The van der Waals surface area contributed by atoms with Crippen molar-refractivity contribution >= 4 is 138 Å². The molecule has 4 aromatic heterocycles. The highest BCUT2D eigenvalue weighted by Crippen LogP contribution is 2.32. The van der Waals surface area contributed by atoms with Gasteiger partial charge < -0.3 is 20.4 Å². The summed E-state index contributed by atoms with van der Waals surface area (Å²) in [7, 11) is 0. The van der Waals surface area contributed by atoms with Gasteiger partial charge in [-0.1, -0.05) is 24.3 Å². The molecule has 2 saturated heterocycles. The van der Waals surface area contributed by atoms with Crippen LogP contribution in [-0.4, -0.2) is 204 Å². The van der Waals surface area contributed by atoms with Gasteiger partial charge in [0.05, 0.1) is 22.1 Å². The summed E-state index contributed by atoms with van der Waals surface area (Å²) in [5, 5.41) is 47.0. The zero-order valence-electron chi connectivity index (χ0n) is 48.0. The maximum Gasteiger partial charge on any atom is 0.122 e. The maximum absolute atomic E-state index is 10.7. The molecule has 0 unspecified atom stereocenters. The molecule has 0 bridgehead atoms. The number of nitrogens with zero attached hydrogens (tertiary/aromatic N) is 8. The quantitative estimate of drug-likeness (QED) is 0.114. The van der Waals surface area contributed by atoms with E-state index in [1.807, 2.05) is 192 Å². The fourth-order valence-electron chi connectivity index (χ4n) is 10.2. The number of phenols is 4. The number of fused-ring (bicyclic) bond motifs is 4. The molecule has 448 valence electrons. The van der Waals surface area contributed by atoms with Crippen molar-refractivity contribution in [2.45, 2.75) is 26.2 Å². The van der Waals surface area contributed by atoms with Gasteiger partial charge in [-0.25, -0.2) is 0 Å². The second-order valence-corrected chi connectivity index (χ2v) is 30.4. The monoisotopic (exact) mass is 1280 g/mol. The van der Waals surface area contributed by atoms with Gasteiger partial charge in [-0.05, 0) is 72.8 Å². The summed E-state index contributed by atoms with van der Waals surface area (Å²) in [4.78, 5) is 28.3. The first-order valence-electron chi connectivity index (χ1n) is 29.1. The van der Waals surface area contributed by atoms with Crippen molar-refractivity contribution in [2.75, 3.05) is 144 Å². The highest BCUT2D eigenvalue weighted by Gasteiger charge is 2.19. The van der Waals surface area contributed by atoms with E-state index in [1.54, 1.807) is 0 Å². The van der Waals surface area contributed by atoms with Gasteiger partial charge in [-0.2, -0.15) is 94.1 Å². The van der Waals surface area contributed by atoms with Gasteiger partial charge in [0.1, 0.15) is 23.0 Å². The van der Waals surface area contributed by atoms with Crippen LogP contribution in [0.5, 0.6) is 23.0 Å². The van der Waals surface area contributed by atoms with E-state index in [0.717, 1.165) is 236 Å². The van der Waals surface area contributed by atoms with Crippen LogP contribution < -0.4 is 0 Å². The Labute approximate surface area is 531 Å². The molecule has 0 atom stereocenters. The summed E-state index contributed by atoms with van der Waals surface area (Å²) in [5.41, 5.74) is 7.39. The van der Waals surface area contributed by atoms with Crippen LogP contribution in [-0.2, 0) is 26.2 Å². The molecule has 4 N–H and O–H groups in total. The van der Waals surface area contributed by atoms with E-state index in [0.29, 0.717) is 23.0 Å². The number of hydrogen-bond donors (Lipinski definition) is 4. The molecule has 4 aromatic carbocycles. The van der Waals surface area contributed by atoms with Crippen LogP contribution >= 0.6 is 94.1 Å². The fourth-order valence-corrected chi connectivity index (χ4v) is 18.7. The molecule has 84 heavy (non-hydrogen) atoms. The third-order valence-corrected chi connectivity index (χ3v) is 23.6. The van der Waals surface area contributed by atoms with Crippen LogP contribution in [0.15, 0.2) is 122 Å². The lowest BCUT2D eigenvalue weighted by atomic mass is 10.1. The third-order valence-electron chi connectivity index (χ3n) is 14.8. The summed E-state index contributed by atoms with van der Waals surface area (Å²) in [6, 6.07) is 31.1. The standard InChI is InChI=1S/2C32H40N4O2S4/c2*37-29-7-5-25-3-1-9-33-31(25)27(29)23-35-11-15-39-19-21-41-17-13-36(14-18-42-22-20-40-16-12-35)24-28-30(38)8-6-26-4-2-10-34-32(26)28/h2*1-10,37-38H,11-24H2. The van der Waals surface area contributed by atoms with E-state index in [4.69, 9.17) is 0 Å². The van der Waals surface area contributed by atoms with Crippen molar-refractivity contribution in [2.24, 2.45) is 0 Å². The van der Waals surface area contributed by atoms with Crippen molar-refractivity contribution in [3.8, 4) is 23.0 Å². The molecule has 12 nitrogen and oxygen atoms in total. The lowest BCUT2D eigenvalue weighted by molar-refractivity contribution is 0.296. The molecular formula is C64H80N8O4S8. The molecule has 10 rings (SSSR count). The number of pyridine rings is 4. The van der Waals surface area contributed by atoms with Crippen molar-refractivity contribution in [1.82, 2.24) is 39.5 Å². The minimum Gasteiger partial charge on any atom is -0.508 e. The van der Waals surface area contributed by atoms with Crippen LogP contribution in [0.1, 0.15) is 22.3 Å². The number of benzene rings is 4. The SMILES string of the molecule is Oc1ccc2cccnc2c1CN1CCSCCSCCN(Cc2c(O)ccc3cccnc23)CCSCCSCC1.Oc1ccc2cccnc2c1CN1CCSCCSCCN(Cc2c(O)ccc3cccnc23)CCSCCSCC1. The van der Waals surface area contributed by atoms with Crippen LogP contribution in [0.3, 0.4) is 0 Å². The molecule has 0 spiro atoms. The Morgan fingerprint density at radius 2 is 0.452 bits per heavy atom. The Morgan fingerprint density at radius 1 is 0.262 bits per heavy atom. The van der Waals surface area contributed by atoms with Gasteiger partial charge in [0.15, 0.2) is 0 Å². The Morgan fingerprint density at radius 3 is 0.643 bits per heavy atom. The molecule has 2 fully saturated rings. The second-order valence-electron chi connectivity index (χ2n) is 20.6. The zero-order chi connectivity index (χ0) is 58.0. The Balaban J connectivity index is 0.000000202. The lowest BCUT2D eigenvalue weighted by Crippen LogP contribution is -2.29. The second kappa shape index (κ2) is 36.0. The van der Waals surface area contributed by atoms with Gasteiger partial charge >= 0.3 is 0 Å². The predicted molar refractivity (Wildman–Crippen MR) is 373 cm³/mol. The Kier molecular flexibility index (Phi) is 27.8. The molecule has 0 radical (unpaired) electrons. The predicted octanol–water partition coefficient (Wildman–Crippen LogP) is 12.9. The number of aromatic nitrogens is 4. The minimum atomic E-state index is 0.342. The average molecular weight is 1280 g/mol. The maximum atomic E-state index is 10.7. The van der Waals surface area contributed by atoms with Crippen molar-refractivity contribution < 1.29 is 20.4 Å². The molecule has 0 aliphatic carbocycles. The van der Waals surface area contributed by atoms with Gasteiger partial charge in [-0.3, -0.25) is 39.5 Å². The number of thioether (sulfide) groups is 8. The van der Waals surface area contributed by atoms with Crippen LogP contribution in [0.25, 0.3) is 43.6 Å². The first-order valence-corrected chi connectivity index (χ1v) is 38.4. The van der Waals surface area contributed by atoms with Gasteiger partial charge in [0.2, 0.25) is 0 Å².